The van der Waals surface area contributed by atoms with Crippen LogP contribution in [0.2, 0.25) is 0 Å². The fraction of sp³-hybridized carbons (Fsp3) is 0.263. The largest absolute Gasteiger partial charge is 0.454 e. The zero-order chi connectivity index (χ0) is 20.1. The minimum Gasteiger partial charge on any atom is -0.454 e. The number of hydrogen-bond donors (Lipinski definition) is 3. The van der Waals surface area contributed by atoms with E-state index in [1.54, 1.807) is 0 Å². The maximum atomic E-state index is 13.1. The highest BCUT2D eigenvalue weighted by molar-refractivity contribution is 5.94. The number of carbonyl (C=O) groups is 2. The summed E-state index contributed by atoms with van der Waals surface area (Å²) in [5.74, 6) is -1.52. The number of likely N-dealkylation sites (N-methyl/N-ethyl adjacent to an activating group) is 1. The maximum absolute atomic E-state index is 13.1. The Morgan fingerprint density at radius 3 is 2.61 bits per heavy atom. The van der Waals surface area contributed by atoms with Crippen LogP contribution in [0.5, 0.6) is 11.5 Å². The van der Waals surface area contributed by atoms with Crippen molar-refractivity contribution < 1.29 is 32.7 Å². The summed E-state index contributed by atoms with van der Waals surface area (Å²) in [4.78, 5) is 24.8. The molecule has 1 aliphatic heterocycles. The summed E-state index contributed by atoms with van der Waals surface area (Å²) < 4.78 is 36.6. The Bertz CT molecular complexity index is 891. The lowest BCUT2D eigenvalue weighted by Gasteiger charge is -2.14. The van der Waals surface area contributed by atoms with Crippen molar-refractivity contribution in [2.45, 2.75) is 6.54 Å². The van der Waals surface area contributed by atoms with Gasteiger partial charge in [0.2, 0.25) is 12.7 Å². The van der Waals surface area contributed by atoms with Gasteiger partial charge in [-0.25, -0.2) is 8.78 Å². The molecule has 1 heterocycles. The van der Waals surface area contributed by atoms with E-state index in [9.17, 15) is 18.4 Å². The van der Waals surface area contributed by atoms with Gasteiger partial charge in [0.25, 0.3) is 5.91 Å². The number of nitrogens with one attached hydrogen (secondary N) is 3. The first-order chi connectivity index (χ1) is 13.4. The van der Waals surface area contributed by atoms with Crippen molar-refractivity contribution in [2.24, 2.45) is 0 Å². The van der Waals surface area contributed by atoms with Crippen LogP contribution in [0.25, 0.3) is 0 Å². The summed E-state index contributed by atoms with van der Waals surface area (Å²) >= 11 is 0. The fourth-order valence-corrected chi connectivity index (χ4v) is 2.76. The number of halogens is 2. The molecule has 2 aromatic carbocycles. The van der Waals surface area contributed by atoms with Gasteiger partial charge >= 0.3 is 0 Å². The molecule has 0 saturated carbocycles. The molecule has 0 saturated heterocycles. The van der Waals surface area contributed by atoms with Crippen molar-refractivity contribution in [3.8, 4) is 11.5 Å². The number of hydrogen-bond acceptors (Lipinski definition) is 4. The first-order valence-corrected chi connectivity index (χ1v) is 8.62. The lowest BCUT2D eigenvalue weighted by Crippen LogP contribution is -3.08. The summed E-state index contributed by atoms with van der Waals surface area (Å²) in [6, 6.07) is 8.63. The molecular weight excluding hydrogens is 372 g/mol. The smallest absolute Gasteiger partial charge is 0.275 e. The molecule has 0 spiro atoms. The molecule has 0 aromatic heterocycles. The molecule has 9 heteroatoms. The van der Waals surface area contributed by atoms with Crippen molar-refractivity contribution >= 4 is 17.5 Å². The zero-order valence-electron chi connectivity index (χ0n) is 15.2. The van der Waals surface area contributed by atoms with Gasteiger partial charge in [-0.15, -0.1) is 0 Å². The monoisotopic (exact) mass is 392 g/mol. The van der Waals surface area contributed by atoms with Gasteiger partial charge in [0.15, 0.2) is 29.7 Å². The molecule has 0 bridgehead atoms. The van der Waals surface area contributed by atoms with Gasteiger partial charge in [0.05, 0.1) is 13.6 Å². The van der Waals surface area contributed by atoms with Crippen molar-refractivity contribution in [2.75, 3.05) is 32.2 Å². The molecule has 2 aromatic rings. The van der Waals surface area contributed by atoms with E-state index in [0.29, 0.717) is 18.0 Å². The van der Waals surface area contributed by atoms with E-state index in [0.717, 1.165) is 22.6 Å². The highest BCUT2D eigenvalue weighted by atomic mass is 19.2. The molecule has 0 fully saturated rings. The van der Waals surface area contributed by atoms with Gasteiger partial charge in [0.1, 0.15) is 6.54 Å². The topological polar surface area (TPSA) is 81.1 Å². The highest BCUT2D eigenvalue weighted by Crippen LogP contribution is 2.32. The number of fused-ring (bicyclic) bond motifs is 1. The van der Waals surface area contributed by atoms with Crippen molar-refractivity contribution in [3.05, 3.63) is 53.6 Å². The third kappa shape index (κ3) is 5.17. The normalized spacial score (nSPS) is 13.1. The van der Waals surface area contributed by atoms with Crippen LogP contribution < -0.4 is 25.0 Å². The predicted octanol–water partition coefficient (Wildman–Crippen LogP) is 0.463. The van der Waals surface area contributed by atoms with Crippen LogP contribution in [0.3, 0.4) is 0 Å². The quantitative estimate of drug-likeness (QED) is 0.640. The summed E-state index contributed by atoms with van der Waals surface area (Å²) in [6.07, 6.45) is 0. The molecular formula is C19H20F2N3O4+. The Hall–Kier alpha value is -3.20. The average molecular weight is 392 g/mol. The maximum Gasteiger partial charge on any atom is 0.275 e. The molecule has 3 N–H and O–H groups in total. The molecule has 3 rings (SSSR count). The van der Waals surface area contributed by atoms with E-state index in [2.05, 4.69) is 10.6 Å². The van der Waals surface area contributed by atoms with Gasteiger partial charge < -0.3 is 25.0 Å². The van der Waals surface area contributed by atoms with Gasteiger partial charge in [0, 0.05) is 17.3 Å². The van der Waals surface area contributed by atoms with Crippen LogP contribution in [0.15, 0.2) is 36.4 Å². The summed E-state index contributed by atoms with van der Waals surface area (Å²) in [6.45, 7) is 0.684. The first kappa shape index (κ1) is 19.6. The van der Waals surface area contributed by atoms with Crippen LogP contribution in [-0.2, 0) is 16.1 Å². The number of carbonyl (C=O) groups excluding carboxylic acids is 2. The Labute approximate surface area is 160 Å². The summed E-state index contributed by atoms with van der Waals surface area (Å²) in [5, 5.41) is 4.89. The second-order valence-electron chi connectivity index (χ2n) is 6.45. The average Bonchev–Trinajstić information content (AvgIpc) is 3.11. The highest BCUT2D eigenvalue weighted by Gasteiger charge is 2.16. The van der Waals surface area contributed by atoms with Gasteiger partial charge in [-0.1, -0.05) is 0 Å². The summed E-state index contributed by atoms with van der Waals surface area (Å²) in [7, 11) is 1.85. The van der Waals surface area contributed by atoms with Crippen molar-refractivity contribution in [1.82, 2.24) is 5.32 Å². The minimum absolute atomic E-state index is 0.115. The Morgan fingerprint density at radius 2 is 1.82 bits per heavy atom. The van der Waals surface area contributed by atoms with E-state index in [-0.39, 0.29) is 31.5 Å². The molecule has 1 aliphatic rings. The predicted molar refractivity (Wildman–Crippen MR) is 96.0 cm³/mol. The van der Waals surface area contributed by atoms with E-state index in [1.807, 2.05) is 25.2 Å². The first-order valence-electron chi connectivity index (χ1n) is 8.62. The number of rotatable bonds is 7. The van der Waals surface area contributed by atoms with Crippen LogP contribution in [0, 0.1) is 11.6 Å². The van der Waals surface area contributed by atoms with E-state index < -0.39 is 17.5 Å². The third-order valence-corrected chi connectivity index (χ3v) is 4.05. The molecule has 0 aliphatic carbocycles. The second-order valence-corrected chi connectivity index (χ2v) is 6.45. The molecule has 1 atom stereocenters. The number of anilines is 1. The van der Waals surface area contributed by atoms with Crippen LogP contribution >= 0.6 is 0 Å². The second kappa shape index (κ2) is 8.66. The molecule has 148 valence electrons. The molecule has 0 radical (unpaired) electrons. The van der Waals surface area contributed by atoms with Gasteiger partial charge in [-0.3, -0.25) is 9.59 Å². The lowest BCUT2D eigenvalue weighted by molar-refractivity contribution is -0.885. The molecule has 2 amide bonds. The van der Waals surface area contributed by atoms with Gasteiger partial charge in [-0.2, -0.15) is 0 Å². The van der Waals surface area contributed by atoms with Crippen LogP contribution in [0.4, 0.5) is 14.5 Å². The zero-order valence-corrected chi connectivity index (χ0v) is 15.2. The Morgan fingerprint density at radius 1 is 1.04 bits per heavy atom. The van der Waals surface area contributed by atoms with Crippen LogP contribution in [0.1, 0.15) is 5.56 Å². The summed E-state index contributed by atoms with van der Waals surface area (Å²) in [5.41, 5.74) is 1.11. The fourth-order valence-electron chi connectivity index (χ4n) is 2.76. The van der Waals surface area contributed by atoms with Crippen molar-refractivity contribution in [1.29, 1.82) is 0 Å². The van der Waals surface area contributed by atoms with Crippen molar-refractivity contribution in [3.63, 3.8) is 0 Å². The Kier molecular flexibility index (Phi) is 6.05. The standard InChI is InChI=1S/C19H19F2N3O4/c1-24(9-12-2-5-16-17(6-12)28-11-27-16)10-19(26)22-8-18(25)23-13-3-4-14(20)15(21)7-13/h2-7H,8-11H2,1H3,(H,22,26)(H,23,25)/p+1. The van der Waals surface area contributed by atoms with E-state index in [4.69, 9.17) is 9.47 Å². The van der Waals surface area contributed by atoms with Gasteiger partial charge in [-0.05, 0) is 30.3 Å². The lowest BCUT2D eigenvalue weighted by atomic mass is 10.2. The number of amides is 2. The SMILES string of the molecule is C[NH+](CC(=O)NCC(=O)Nc1ccc(F)c(F)c1)Cc1ccc2c(c1)OCO2. The minimum atomic E-state index is -1.06. The Balaban J connectivity index is 1.42. The number of quaternary nitrogens is 1. The number of benzene rings is 2. The van der Waals surface area contributed by atoms with E-state index >= 15 is 0 Å². The number of ether oxygens (including phenoxy) is 2. The third-order valence-electron chi connectivity index (χ3n) is 4.05. The molecule has 7 nitrogen and oxygen atoms in total. The molecule has 28 heavy (non-hydrogen) atoms. The van der Waals surface area contributed by atoms with Crippen LogP contribution in [-0.4, -0.2) is 38.7 Å². The van der Waals surface area contributed by atoms with E-state index in [1.165, 1.54) is 6.07 Å². The molecule has 1 unspecified atom stereocenters.